The van der Waals surface area contributed by atoms with Gasteiger partial charge in [-0.2, -0.15) is 4.39 Å². The Kier molecular flexibility index (Phi) is 7.47. The minimum atomic E-state index is -0.603. The molecule has 1 N–H and O–H groups in total. The number of piperidine rings is 1. The van der Waals surface area contributed by atoms with Gasteiger partial charge in [0, 0.05) is 41.8 Å². The maximum Gasteiger partial charge on any atom is 0.322 e. The second kappa shape index (κ2) is 10.8. The Hall–Kier alpha value is -3.00. The van der Waals surface area contributed by atoms with Crippen molar-refractivity contribution in [3.8, 4) is 0 Å². The molecule has 1 aromatic heterocycles. The van der Waals surface area contributed by atoms with Gasteiger partial charge in [0.15, 0.2) is 0 Å². The number of fused-ring (bicyclic) bond motifs is 2. The molecule has 5 rings (SSSR count). The molecule has 0 atom stereocenters. The smallest absolute Gasteiger partial charge is 0.322 e. The Bertz CT molecular complexity index is 1320. The summed E-state index contributed by atoms with van der Waals surface area (Å²) in [4.78, 5) is 20.7. The molecule has 0 bridgehead atoms. The van der Waals surface area contributed by atoms with Crippen molar-refractivity contribution in [1.82, 2.24) is 15.2 Å². The summed E-state index contributed by atoms with van der Waals surface area (Å²) < 4.78 is 28.0. The van der Waals surface area contributed by atoms with Crippen molar-refractivity contribution < 1.29 is 13.6 Å². The molecule has 2 aliphatic heterocycles. The highest BCUT2D eigenvalue weighted by molar-refractivity contribution is 6.32. The van der Waals surface area contributed by atoms with Crippen molar-refractivity contribution in [1.29, 1.82) is 0 Å². The number of pyridine rings is 1. The van der Waals surface area contributed by atoms with Gasteiger partial charge in [-0.1, -0.05) is 47.5 Å². The van der Waals surface area contributed by atoms with Crippen LogP contribution >= 0.6 is 23.2 Å². The van der Waals surface area contributed by atoms with Crippen molar-refractivity contribution in [2.45, 2.75) is 24.8 Å². The summed E-state index contributed by atoms with van der Waals surface area (Å²) in [5, 5.41) is 3.64. The summed E-state index contributed by atoms with van der Waals surface area (Å²) in [6, 6.07) is 13.2. The van der Waals surface area contributed by atoms with Crippen LogP contribution in [0.5, 0.6) is 0 Å². The number of likely N-dealkylation sites (tertiary alicyclic amines) is 1. The van der Waals surface area contributed by atoms with Crippen LogP contribution in [-0.4, -0.2) is 42.1 Å². The third-order valence-corrected chi connectivity index (χ3v) is 7.81. The topological polar surface area (TPSA) is 48.5 Å². The number of amides is 2. The molecule has 2 amide bonds. The summed E-state index contributed by atoms with van der Waals surface area (Å²) in [6.45, 7) is 2.94. The lowest BCUT2D eigenvalue weighted by Gasteiger charge is -2.39. The number of anilines is 1. The Morgan fingerprint density at radius 1 is 1.08 bits per heavy atom. The summed E-state index contributed by atoms with van der Waals surface area (Å²) in [6.07, 6.45) is 7.04. The van der Waals surface area contributed by atoms with Gasteiger partial charge in [-0.25, -0.2) is 14.2 Å². The molecule has 37 heavy (non-hydrogen) atoms. The maximum atomic E-state index is 14.6. The third kappa shape index (κ3) is 5.49. The molecule has 0 saturated carbocycles. The number of benzene rings is 2. The predicted molar refractivity (Wildman–Crippen MR) is 143 cm³/mol. The van der Waals surface area contributed by atoms with E-state index in [-0.39, 0.29) is 17.6 Å². The van der Waals surface area contributed by atoms with E-state index >= 15 is 0 Å². The first-order valence-corrected chi connectivity index (χ1v) is 12.9. The Morgan fingerprint density at radius 3 is 2.57 bits per heavy atom. The largest absolute Gasteiger partial charge is 0.334 e. The van der Waals surface area contributed by atoms with Crippen LogP contribution in [0.25, 0.3) is 6.08 Å². The third-order valence-electron chi connectivity index (χ3n) is 7.19. The number of nitrogens with one attached hydrogen (secondary N) is 1. The normalized spacial score (nSPS) is 16.9. The molecule has 0 aliphatic carbocycles. The first-order chi connectivity index (χ1) is 17.8. The standard InChI is InChI=1S/C28H26Cl2F2N4O/c29-21-5-3-19(4-6-21)2-1-13-35-14-10-28(11-15-35)18-36(23-8-7-22(31)26(30)25(23)28)27(37)34-17-20-9-12-33-24(32)16-20/h1-9,12,16H,10-11,13-15,17-18H2,(H,34,37)/b2-1+. The van der Waals surface area contributed by atoms with Gasteiger partial charge in [0.25, 0.3) is 0 Å². The molecule has 1 saturated heterocycles. The molecule has 3 heterocycles. The van der Waals surface area contributed by atoms with Crippen LogP contribution in [-0.2, 0) is 12.0 Å². The zero-order valence-electron chi connectivity index (χ0n) is 20.1. The fourth-order valence-corrected chi connectivity index (χ4v) is 5.71. The van der Waals surface area contributed by atoms with E-state index in [1.165, 1.54) is 18.3 Å². The molecule has 192 valence electrons. The number of nitrogens with zero attached hydrogens (tertiary/aromatic N) is 3. The minimum absolute atomic E-state index is 0.0834. The van der Waals surface area contributed by atoms with Gasteiger partial charge >= 0.3 is 6.03 Å². The van der Waals surface area contributed by atoms with Gasteiger partial charge in [0.2, 0.25) is 5.95 Å². The van der Waals surface area contributed by atoms with Crippen molar-refractivity contribution in [2.75, 3.05) is 31.1 Å². The van der Waals surface area contributed by atoms with Gasteiger partial charge in [-0.05, 0) is 73.5 Å². The molecule has 0 radical (unpaired) electrons. The van der Waals surface area contributed by atoms with E-state index in [0.29, 0.717) is 28.4 Å². The SMILES string of the molecule is O=C(NCc1ccnc(F)c1)N1CC2(CCN(C/C=C/c3ccc(Cl)cc3)CC2)c2c1ccc(F)c2Cl. The number of rotatable bonds is 5. The number of carbonyl (C=O) groups excluding carboxylic acids is 1. The second-order valence-electron chi connectivity index (χ2n) is 9.52. The molecule has 2 aliphatic rings. The fourth-order valence-electron chi connectivity index (χ4n) is 5.23. The number of aromatic nitrogens is 1. The molecule has 1 fully saturated rings. The summed E-state index contributed by atoms with van der Waals surface area (Å²) in [7, 11) is 0. The molecule has 5 nitrogen and oxygen atoms in total. The van der Waals surface area contributed by atoms with Crippen molar-refractivity contribution in [3.63, 3.8) is 0 Å². The lowest BCUT2D eigenvalue weighted by molar-refractivity contribution is 0.180. The number of halogens is 4. The first-order valence-electron chi connectivity index (χ1n) is 12.1. The van der Waals surface area contributed by atoms with Gasteiger partial charge in [0.05, 0.1) is 10.7 Å². The Morgan fingerprint density at radius 2 is 1.84 bits per heavy atom. The Labute approximate surface area is 224 Å². The van der Waals surface area contributed by atoms with Gasteiger partial charge < -0.3 is 5.32 Å². The van der Waals surface area contributed by atoms with Crippen LogP contribution in [0.1, 0.15) is 29.5 Å². The van der Waals surface area contributed by atoms with E-state index < -0.39 is 17.2 Å². The summed E-state index contributed by atoms with van der Waals surface area (Å²) in [5.74, 6) is -1.09. The maximum absolute atomic E-state index is 14.6. The summed E-state index contributed by atoms with van der Waals surface area (Å²) >= 11 is 12.5. The first kappa shape index (κ1) is 25.6. The Balaban J connectivity index is 1.28. The van der Waals surface area contributed by atoms with Crippen LogP contribution in [0.3, 0.4) is 0 Å². The van der Waals surface area contributed by atoms with Gasteiger partial charge in [-0.3, -0.25) is 9.80 Å². The molecular formula is C28H26Cl2F2N4O. The van der Waals surface area contributed by atoms with Gasteiger partial charge in [-0.15, -0.1) is 0 Å². The van der Waals surface area contributed by atoms with E-state index in [4.69, 9.17) is 23.2 Å². The average Bonchev–Trinajstić information content (AvgIpc) is 3.21. The number of hydrogen-bond donors (Lipinski definition) is 1. The van der Waals surface area contributed by atoms with Gasteiger partial charge in [0.1, 0.15) is 5.82 Å². The predicted octanol–water partition coefficient (Wildman–Crippen LogP) is 6.44. The lowest BCUT2D eigenvalue weighted by atomic mass is 9.74. The van der Waals surface area contributed by atoms with E-state index in [9.17, 15) is 13.6 Å². The van der Waals surface area contributed by atoms with Crippen LogP contribution in [0.4, 0.5) is 19.3 Å². The van der Waals surface area contributed by atoms with E-state index in [1.807, 2.05) is 24.3 Å². The molecular weight excluding hydrogens is 517 g/mol. The van der Waals surface area contributed by atoms with Crippen molar-refractivity contribution in [2.24, 2.45) is 0 Å². The average molecular weight is 543 g/mol. The number of urea groups is 1. The van der Waals surface area contributed by atoms with Crippen LogP contribution in [0, 0.1) is 11.8 Å². The van der Waals surface area contributed by atoms with E-state index in [2.05, 4.69) is 27.4 Å². The quantitative estimate of drug-likeness (QED) is 0.377. The number of carbonyl (C=O) groups is 1. The second-order valence-corrected chi connectivity index (χ2v) is 10.3. The minimum Gasteiger partial charge on any atom is -0.334 e. The molecule has 9 heteroatoms. The molecule has 3 aromatic rings. The highest BCUT2D eigenvalue weighted by atomic mass is 35.5. The van der Waals surface area contributed by atoms with Crippen LogP contribution < -0.4 is 10.2 Å². The summed E-state index contributed by atoms with van der Waals surface area (Å²) in [5.41, 5.74) is 2.59. The zero-order chi connectivity index (χ0) is 26.0. The van der Waals surface area contributed by atoms with Crippen molar-refractivity contribution >= 4 is 41.0 Å². The molecule has 2 aromatic carbocycles. The van der Waals surface area contributed by atoms with E-state index in [1.54, 1.807) is 17.0 Å². The van der Waals surface area contributed by atoms with Crippen LogP contribution in [0.2, 0.25) is 10.0 Å². The molecule has 0 unspecified atom stereocenters. The monoisotopic (exact) mass is 542 g/mol. The lowest BCUT2D eigenvalue weighted by Crippen LogP contribution is -2.47. The zero-order valence-corrected chi connectivity index (χ0v) is 21.6. The van der Waals surface area contributed by atoms with Crippen LogP contribution in [0.15, 0.2) is 60.8 Å². The number of hydrogen-bond acceptors (Lipinski definition) is 3. The van der Waals surface area contributed by atoms with E-state index in [0.717, 1.165) is 38.0 Å². The molecule has 1 spiro atoms. The fraction of sp³-hybridized carbons (Fsp3) is 0.286. The van der Waals surface area contributed by atoms with Crippen molar-refractivity contribution in [3.05, 3.63) is 99.3 Å². The highest BCUT2D eigenvalue weighted by Gasteiger charge is 2.48. The highest BCUT2D eigenvalue weighted by Crippen LogP contribution is 2.50.